The molecule has 0 spiro atoms. The molecule has 6 atom stereocenters. The topological polar surface area (TPSA) is 81.7 Å². The highest BCUT2D eigenvalue weighted by atomic mass is 16.8. The molecule has 0 N–H and O–H groups in total. The SMILES string of the molecule is CC1(C)OC[C@H]([C@@H](OCc2ccccc2)[C@@H](OCc2ccccc2)[C@@H](OCc2ccccc2)[C@@H](OCc2ccccc2)[C@H](C=O)OCc2ccccc2)O1. The van der Waals surface area contributed by atoms with Crippen LogP contribution in [0.4, 0.5) is 0 Å². The van der Waals surface area contributed by atoms with Crippen molar-refractivity contribution < 1.29 is 38.0 Å². The standard InChI is InChI=1S/C46H50O8/c1-46(2)53-34-41(54-46)43(50-31-37-22-12-5-13-23-37)45(52-33-39-26-16-7-17-27-39)44(51-32-38-24-14-6-15-25-38)42(49-30-36-20-10-4-11-21-36)40(28-47)48-29-35-18-8-3-9-19-35/h3-28,40-45H,29-34H2,1-2H3/t40-,41+,42-,43+,44-,45+/m0/s1. The van der Waals surface area contributed by atoms with Crippen LogP contribution in [0.2, 0.25) is 0 Å². The minimum atomic E-state index is -1.04. The van der Waals surface area contributed by atoms with E-state index in [9.17, 15) is 4.79 Å². The summed E-state index contributed by atoms with van der Waals surface area (Å²) in [5.74, 6) is -0.850. The fourth-order valence-electron chi connectivity index (χ4n) is 6.47. The van der Waals surface area contributed by atoms with E-state index >= 15 is 0 Å². The summed E-state index contributed by atoms with van der Waals surface area (Å²) in [6.45, 7) is 5.16. The van der Waals surface area contributed by atoms with Gasteiger partial charge in [-0.05, 0) is 41.7 Å². The molecule has 1 fully saturated rings. The Hall–Kier alpha value is -4.51. The van der Waals surface area contributed by atoms with E-state index in [1.165, 1.54) is 0 Å². The Labute approximate surface area is 318 Å². The van der Waals surface area contributed by atoms with Crippen molar-refractivity contribution in [2.45, 2.75) is 89.3 Å². The normalized spacial score (nSPS) is 18.0. The molecule has 0 aromatic heterocycles. The van der Waals surface area contributed by atoms with Gasteiger partial charge in [-0.25, -0.2) is 0 Å². The Bertz CT molecular complexity index is 1770. The molecule has 8 nitrogen and oxygen atoms in total. The van der Waals surface area contributed by atoms with Gasteiger partial charge in [0.15, 0.2) is 12.1 Å². The third kappa shape index (κ3) is 11.7. The van der Waals surface area contributed by atoms with Crippen LogP contribution in [0, 0.1) is 0 Å². The Morgan fingerprint density at radius 2 is 0.870 bits per heavy atom. The van der Waals surface area contributed by atoms with Gasteiger partial charge in [-0.15, -0.1) is 0 Å². The maximum Gasteiger partial charge on any atom is 0.163 e. The molecule has 1 aliphatic rings. The summed E-state index contributed by atoms with van der Waals surface area (Å²) >= 11 is 0. The lowest BCUT2D eigenvalue weighted by Crippen LogP contribution is -2.57. The molecule has 5 aromatic rings. The Morgan fingerprint density at radius 1 is 0.519 bits per heavy atom. The van der Waals surface area contributed by atoms with Gasteiger partial charge < -0.3 is 38.0 Å². The number of rotatable bonds is 21. The number of ether oxygens (including phenoxy) is 7. The largest absolute Gasteiger partial charge is 0.368 e. The summed E-state index contributed by atoms with van der Waals surface area (Å²) in [5.41, 5.74) is 4.75. The molecule has 0 saturated carbocycles. The number of hydrogen-bond donors (Lipinski definition) is 0. The van der Waals surface area contributed by atoms with Gasteiger partial charge in [-0.3, -0.25) is 0 Å². The third-order valence-electron chi connectivity index (χ3n) is 9.25. The van der Waals surface area contributed by atoms with Crippen molar-refractivity contribution in [3.63, 3.8) is 0 Å². The summed E-state index contributed by atoms with van der Waals surface area (Å²) in [5, 5.41) is 0. The van der Waals surface area contributed by atoms with E-state index in [1.807, 2.05) is 166 Å². The molecule has 1 heterocycles. The first kappa shape index (κ1) is 39.2. The molecule has 1 saturated heterocycles. The van der Waals surface area contributed by atoms with E-state index in [-0.39, 0.29) is 39.6 Å². The van der Waals surface area contributed by atoms with Crippen LogP contribution in [0.15, 0.2) is 152 Å². The molecule has 6 rings (SSSR count). The fraction of sp³-hybridized carbons (Fsp3) is 0.326. The lowest BCUT2D eigenvalue weighted by Gasteiger charge is -2.40. The predicted octanol–water partition coefficient (Wildman–Crippen LogP) is 8.26. The second-order valence-electron chi connectivity index (χ2n) is 13.8. The van der Waals surface area contributed by atoms with E-state index in [1.54, 1.807) is 0 Å². The number of hydrogen-bond acceptors (Lipinski definition) is 8. The lowest BCUT2D eigenvalue weighted by atomic mass is 9.95. The molecule has 5 aromatic carbocycles. The van der Waals surface area contributed by atoms with E-state index in [2.05, 4.69) is 0 Å². The van der Waals surface area contributed by atoms with Crippen LogP contribution in [-0.4, -0.2) is 55.3 Å². The van der Waals surface area contributed by atoms with Gasteiger partial charge in [0.2, 0.25) is 0 Å². The Balaban J connectivity index is 1.42. The summed E-state index contributed by atoms with van der Waals surface area (Å²) < 4.78 is 46.6. The van der Waals surface area contributed by atoms with E-state index < -0.39 is 42.4 Å². The molecule has 0 radical (unpaired) electrons. The monoisotopic (exact) mass is 730 g/mol. The molecule has 282 valence electrons. The smallest absolute Gasteiger partial charge is 0.163 e. The summed E-state index contributed by atoms with van der Waals surface area (Å²) in [7, 11) is 0. The summed E-state index contributed by atoms with van der Waals surface area (Å²) in [6.07, 6.45) is -4.16. The second kappa shape index (κ2) is 20.2. The van der Waals surface area contributed by atoms with Gasteiger partial charge in [-0.1, -0.05) is 152 Å². The molecular weight excluding hydrogens is 680 g/mol. The highest BCUT2D eigenvalue weighted by molar-refractivity contribution is 5.57. The van der Waals surface area contributed by atoms with Gasteiger partial charge in [0, 0.05) is 0 Å². The van der Waals surface area contributed by atoms with Gasteiger partial charge in [0.25, 0.3) is 0 Å². The molecule has 0 bridgehead atoms. The van der Waals surface area contributed by atoms with Crippen LogP contribution in [0.3, 0.4) is 0 Å². The molecule has 0 aliphatic carbocycles. The zero-order chi connectivity index (χ0) is 37.4. The maximum absolute atomic E-state index is 13.2. The van der Waals surface area contributed by atoms with Crippen LogP contribution in [0.1, 0.15) is 41.7 Å². The van der Waals surface area contributed by atoms with Crippen molar-refractivity contribution in [1.29, 1.82) is 0 Å². The van der Waals surface area contributed by atoms with E-state index in [0.717, 1.165) is 34.1 Å². The fourth-order valence-corrected chi connectivity index (χ4v) is 6.47. The van der Waals surface area contributed by atoms with Crippen LogP contribution in [0.25, 0.3) is 0 Å². The van der Waals surface area contributed by atoms with Crippen molar-refractivity contribution in [3.8, 4) is 0 Å². The zero-order valence-corrected chi connectivity index (χ0v) is 31.0. The highest BCUT2D eigenvalue weighted by Crippen LogP contribution is 2.33. The maximum atomic E-state index is 13.2. The van der Waals surface area contributed by atoms with Gasteiger partial charge >= 0.3 is 0 Å². The quantitative estimate of drug-likeness (QED) is 0.0699. The van der Waals surface area contributed by atoms with E-state index in [4.69, 9.17) is 33.2 Å². The molecule has 54 heavy (non-hydrogen) atoms. The predicted molar refractivity (Wildman–Crippen MR) is 206 cm³/mol. The number of carbonyl (C=O) groups excluding carboxylic acids is 1. The average molecular weight is 731 g/mol. The van der Waals surface area contributed by atoms with Crippen molar-refractivity contribution in [1.82, 2.24) is 0 Å². The van der Waals surface area contributed by atoms with Crippen LogP contribution in [-0.2, 0) is 71.0 Å². The van der Waals surface area contributed by atoms with Gasteiger partial charge in [0.05, 0.1) is 39.6 Å². The summed E-state index contributed by atoms with van der Waals surface area (Å²) in [4.78, 5) is 13.2. The van der Waals surface area contributed by atoms with Crippen LogP contribution >= 0.6 is 0 Å². The zero-order valence-electron chi connectivity index (χ0n) is 31.0. The first-order valence-corrected chi connectivity index (χ1v) is 18.5. The first-order valence-electron chi connectivity index (χ1n) is 18.5. The molecular formula is C46H50O8. The minimum absolute atomic E-state index is 0.193. The second-order valence-corrected chi connectivity index (χ2v) is 13.8. The number of aldehydes is 1. The minimum Gasteiger partial charge on any atom is -0.368 e. The third-order valence-corrected chi connectivity index (χ3v) is 9.25. The van der Waals surface area contributed by atoms with Crippen molar-refractivity contribution >= 4 is 6.29 Å². The van der Waals surface area contributed by atoms with Crippen molar-refractivity contribution in [2.75, 3.05) is 6.61 Å². The van der Waals surface area contributed by atoms with E-state index in [0.29, 0.717) is 0 Å². The lowest BCUT2D eigenvalue weighted by molar-refractivity contribution is -0.231. The first-order chi connectivity index (χ1) is 26.5. The molecule has 0 unspecified atom stereocenters. The molecule has 8 heteroatoms. The van der Waals surface area contributed by atoms with Crippen molar-refractivity contribution in [3.05, 3.63) is 179 Å². The average Bonchev–Trinajstić information content (AvgIpc) is 3.59. The summed E-state index contributed by atoms with van der Waals surface area (Å²) in [6, 6.07) is 49.4. The van der Waals surface area contributed by atoms with Gasteiger partial charge in [0.1, 0.15) is 36.6 Å². The van der Waals surface area contributed by atoms with Crippen LogP contribution < -0.4 is 0 Å². The molecule has 0 amide bonds. The van der Waals surface area contributed by atoms with Gasteiger partial charge in [-0.2, -0.15) is 0 Å². The molecule has 1 aliphatic heterocycles. The Morgan fingerprint density at radius 3 is 1.24 bits per heavy atom. The van der Waals surface area contributed by atoms with Crippen LogP contribution in [0.5, 0.6) is 0 Å². The number of benzene rings is 5. The van der Waals surface area contributed by atoms with Crippen molar-refractivity contribution in [2.24, 2.45) is 0 Å². The highest BCUT2D eigenvalue weighted by Gasteiger charge is 2.48. The number of carbonyl (C=O) groups is 1. The Kier molecular flexibility index (Phi) is 14.7.